The summed E-state index contributed by atoms with van der Waals surface area (Å²) in [6.07, 6.45) is 0.407. The van der Waals surface area contributed by atoms with Crippen LogP contribution in [-0.2, 0) is 9.59 Å². The van der Waals surface area contributed by atoms with Crippen LogP contribution in [0, 0.1) is 0 Å². The molecule has 1 N–H and O–H groups in total. The molecule has 0 spiro atoms. The van der Waals surface area contributed by atoms with Gasteiger partial charge in [0.1, 0.15) is 17.5 Å². The van der Waals surface area contributed by atoms with Crippen LogP contribution in [0.1, 0.15) is 13.3 Å². The number of hydrogen-bond acceptors (Lipinski definition) is 4. The van der Waals surface area contributed by atoms with Crippen LogP contribution in [0.25, 0.3) is 0 Å². The van der Waals surface area contributed by atoms with Gasteiger partial charge in [-0.15, -0.1) is 11.8 Å². The van der Waals surface area contributed by atoms with E-state index in [0.29, 0.717) is 29.5 Å². The third-order valence-electron chi connectivity index (χ3n) is 3.89. The minimum Gasteiger partial charge on any atom is -0.457 e. The third kappa shape index (κ3) is 4.33. The second-order valence-electron chi connectivity index (χ2n) is 5.66. The van der Waals surface area contributed by atoms with Crippen molar-refractivity contribution < 1.29 is 14.3 Å². The van der Waals surface area contributed by atoms with Crippen molar-refractivity contribution in [2.75, 3.05) is 16.9 Å². The minimum absolute atomic E-state index is 0.00584. The van der Waals surface area contributed by atoms with Crippen LogP contribution in [0.4, 0.5) is 5.69 Å². The first-order chi connectivity index (χ1) is 12.2. The van der Waals surface area contributed by atoms with Gasteiger partial charge in [-0.3, -0.25) is 9.59 Å². The Balaban J connectivity index is 1.67. The monoisotopic (exact) mass is 356 g/mol. The highest BCUT2D eigenvalue weighted by atomic mass is 32.2. The quantitative estimate of drug-likeness (QED) is 0.887. The summed E-state index contributed by atoms with van der Waals surface area (Å²) in [5, 5.41) is 2.89. The Bertz CT molecular complexity index is 751. The molecule has 0 aromatic heterocycles. The van der Waals surface area contributed by atoms with Crippen molar-refractivity contribution in [3.05, 3.63) is 54.6 Å². The van der Waals surface area contributed by atoms with Gasteiger partial charge in [0, 0.05) is 23.9 Å². The lowest BCUT2D eigenvalue weighted by Gasteiger charge is -2.22. The van der Waals surface area contributed by atoms with E-state index in [2.05, 4.69) is 5.32 Å². The molecule has 1 atom stereocenters. The fourth-order valence-corrected chi connectivity index (χ4v) is 3.78. The lowest BCUT2D eigenvalue weighted by molar-refractivity contribution is -0.135. The van der Waals surface area contributed by atoms with E-state index in [1.54, 1.807) is 22.7 Å². The van der Waals surface area contributed by atoms with Gasteiger partial charge < -0.3 is 15.0 Å². The summed E-state index contributed by atoms with van der Waals surface area (Å²) in [5.41, 5.74) is 0.652. The Hall–Kier alpha value is -2.47. The Kier molecular flexibility index (Phi) is 5.60. The number of anilines is 1. The number of carbonyl (C=O) groups excluding carboxylic acids is 2. The van der Waals surface area contributed by atoms with E-state index in [9.17, 15) is 9.59 Å². The van der Waals surface area contributed by atoms with Crippen LogP contribution in [0.3, 0.4) is 0 Å². The molecule has 0 radical (unpaired) electrons. The fraction of sp³-hybridized carbons (Fsp3) is 0.263. The summed E-state index contributed by atoms with van der Waals surface area (Å²) in [6, 6.07) is 16.3. The second kappa shape index (κ2) is 8.07. The number of carbonyl (C=O) groups is 2. The Morgan fingerprint density at radius 1 is 1.16 bits per heavy atom. The maximum atomic E-state index is 12.6. The molecule has 1 fully saturated rings. The molecule has 0 saturated carbocycles. The number of para-hydroxylation sites is 1. The maximum absolute atomic E-state index is 12.6. The number of benzene rings is 2. The summed E-state index contributed by atoms with van der Waals surface area (Å²) < 4.78 is 5.78. The van der Waals surface area contributed by atoms with Crippen LogP contribution in [0.5, 0.6) is 11.5 Å². The molecule has 130 valence electrons. The van der Waals surface area contributed by atoms with Gasteiger partial charge in [-0.25, -0.2) is 0 Å². The van der Waals surface area contributed by atoms with Crippen molar-refractivity contribution in [2.24, 2.45) is 0 Å². The SMILES string of the molecule is CCC(=O)N1CSC[C@H]1C(=O)Nc1cccc(Oc2ccccc2)c1. The van der Waals surface area contributed by atoms with Crippen molar-refractivity contribution in [3.63, 3.8) is 0 Å². The molecule has 5 nitrogen and oxygen atoms in total. The van der Waals surface area contributed by atoms with E-state index in [1.165, 1.54) is 0 Å². The van der Waals surface area contributed by atoms with Crippen molar-refractivity contribution in [2.45, 2.75) is 19.4 Å². The molecule has 2 amide bonds. The molecular weight excluding hydrogens is 336 g/mol. The van der Waals surface area contributed by atoms with Crippen LogP contribution >= 0.6 is 11.8 Å². The zero-order valence-electron chi connectivity index (χ0n) is 14.0. The second-order valence-corrected chi connectivity index (χ2v) is 6.66. The number of rotatable bonds is 5. The normalized spacial score (nSPS) is 16.5. The Labute approximate surface area is 151 Å². The molecule has 1 heterocycles. The Morgan fingerprint density at radius 3 is 2.68 bits per heavy atom. The van der Waals surface area contributed by atoms with Crippen molar-refractivity contribution in [1.29, 1.82) is 0 Å². The summed E-state index contributed by atoms with van der Waals surface area (Å²) >= 11 is 1.60. The first-order valence-electron chi connectivity index (χ1n) is 8.18. The van der Waals surface area contributed by atoms with Gasteiger partial charge >= 0.3 is 0 Å². The zero-order valence-corrected chi connectivity index (χ0v) is 14.8. The number of nitrogens with one attached hydrogen (secondary N) is 1. The number of nitrogens with zero attached hydrogens (tertiary/aromatic N) is 1. The number of amides is 2. The average molecular weight is 356 g/mol. The molecule has 25 heavy (non-hydrogen) atoms. The van der Waals surface area contributed by atoms with Gasteiger partial charge in [0.25, 0.3) is 0 Å². The van der Waals surface area contributed by atoms with E-state index in [4.69, 9.17) is 4.74 Å². The topological polar surface area (TPSA) is 58.6 Å². The highest BCUT2D eigenvalue weighted by Crippen LogP contribution is 2.26. The van der Waals surface area contributed by atoms with Crippen LogP contribution in [-0.4, -0.2) is 34.4 Å². The molecule has 1 saturated heterocycles. The van der Waals surface area contributed by atoms with E-state index in [-0.39, 0.29) is 11.8 Å². The lowest BCUT2D eigenvalue weighted by Crippen LogP contribution is -2.44. The molecule has 0 bridgehead atoms. The maximum Gasteiger partial charge on any atom is 0.248 e. The molecule has 0 unspecified atom stereocenters. The van der Waals surface area contributed by atoms with E-state index in [1.807, 2.05) is 55.5 Å². The number of ether oxygens (including phenoxy) is 1. The molecule has 1 aliphatic rings. The van der Waals surface area contributed by atoms with Crippen LogP contribution in [0.2, 0.25) is 0 Å². The smallest absolute Gasteiger partial charge is 0.248 e. The van der Waals surface area contributed by atoms with Crippen LogP contribution in [0.15, 0.2) is 54.6 Å². The fourth-order valence-electron chi connectivity index (χ4n) is 2.60. The highest BCUT2D eigenvalue weighted by Gasteiger charge is 2.33. The van der Waals surface area contributed by atoms with Gasteiger partial charge in [0.15, 0.2) is 0 Å². The van der Waals surface area contributed by atoms with Crippen molar-refractivity contribution in [3.8, 4) is 11.5 Å². The molecule has 6 heteroatoms. The predicted octanol–water partition coefficient (Wildman–Crippen LogP) is 3.73. The molecule has 3 rings (SSSR count). The molecule has 2 aromatic rings. The first kappa shape index (κ1) is 17.4. The summed E-state index contributed by atoms with van der Waals surface area (Å²) in [4.78, 5) is 26.2. The van der Waals surface area contributed by atoms with Crippen molar-refractivity contribution >= 4 is 29.3 Å². The molecule has 1 aliphatic heterocycles. The largest absolute Gasteiger partial charge is 0.457 e. The van der Waals surface area contributed by atoms with Crippen molar-refractivity contribution in [1.82, 2.24) is 4.90 Å². The van der Waals surface area contributed by atoms with Crippen LogP contribution < -0.4 is 10.1 Å². The minimum atomic E-state index is -0.420. The van der Waals surface area contributed by atoms with E-state index in [0.717, 1.165) is 5.75 Å². The van der Waals surface area contributed by atoms with E-state index < -0.39 is 6.04 Å². The number of thioether (sulfide) groups is 1. The highest BCUT2D eigenvalue weighted by molar-refractivity contribution is 7.99. The number of hydrogen-bond donors (Lipinski definition) is 1. The summed E-state index contributed by atoms with van der Waals surface area (Å²) in [5.74, 6) is 2.42. The third-order valence-corrected chi connectivity index (χ3v) is 4.90. The van der Waals surface area contributed by atoms with Gasteiger partial charge in [-0.05, 0) is 24.3 Å². The Morgan fingerprint density at radius 2 is 1.92 bits per heavy atom. The lowest BCUT2D eigenvalue weighted by atomic mass is 10.2. The van der Waals surface area contributed by atoms with Gasteiger partial charge in [-0.2, -0.15) is 0 Å². The summed E-state index contributed by atoms with van der Waals surface area (Å²) in [7, 11) is 0. The van der Waals surface area contributed by atoms with Gasteiger partial charge in [-0.1, -0.05) is 31.2 Å². The summed E-state index contributed by atoms with van der Waals surface area (Å²) in [6.45, 7) is 1.81. The van der Waals surface area contributed by atoms with Gasteiger partial charge in [0.2, 0.25) is 11.8 Å². The standard InChI is InChI=1S/C19H20N2O3S/c1-2-18(22)21-13-25-12-17(21)19(23)20-14-7-6-10-16(11-14)24-15-8-4-3-5-9-15/h3-11,17H,2,12-13H2,1H3,(H,20,23)/t17-/m0/s1. The predicted molar refractivity (Wildman–Crippen MR) is 99.8 cm³/mol. The molecule has 2 aromatic carbocycles. The van der Waals surface area contributed by atoms with Gasteiger partial charge in [0.05, 0.1) is 5.88 Å². The molecule has 0 aliphatic carbocycles. The van der Waals surface area contributed by atoms with E-state index >= 15 is 0 Å². The average Bonchev–Trinajstić information content (AvgIpc) is 3.12. The first-order valence-corrected chi connectivity index (χ1v) is 9.34. The zero-order chi connectivity index (χ0) is 17.6. The molecular formula is C19H20N2O3S.